The molecule has 0 bridgehead atoms. The number of aromatic nitrogens is 1. The number of nitrogens with two attached hydrogens (primary N) is 1. The highest BCUT2D eigenvalue weighted by Crippen LogP contribution is 2.33. The molecule has 0 aromatic carbocycles. The Labute approximate surface area is 115 Å². The summed E-state index contributed by atoms with van der Waals surface area (Å²) in [6.45, 7) is 3.77. The smallest absolute Gasteiger partial charge is 0.266 e. The van der Waals surface area contributed by atoms with Crippen LogP contribution in [0.1, 0.15) is 16.6 Å². The zero-order chi connectivity index (χ0) is 13.4. The summed E-state index contributed by atoms with van der Waals surface area (Å²) < 4.78 is 5.45. The van der Waals surface area contributed by atoms with Crippen molar-refractivity contribution in [3.05, 3.63) is 23.2 Å². The molecule has 3 heterocycles. The molecule has 2 N–H and O–H groups in total. The van der Waals surface area contributed by atoms with Gasteiger partial charge in [-0.15, -0.1) is 11.3 Å². The van der Waals surface area contributed by atoms with Crippen molar-refractivity contribution in [1.29, 1.82) is 0 Å². The van der Waals surface area contributed by atoms with Gasteiger partial charge in [0.1, 0.15) is 9.71 Å². The number of carbonyl (C=O) groups is 1. The molecule has 0 spiro atoms. The van der Waals surface area contributed by atoms with Crippen molar-refractivity contribution in [3.63, 3.8) is 0 Å². The highest BCUT2D eigenvalue weighted by Gasteiger charge is 2.26. The van der Waals surface area contributed by atoms with Gasteiger partial charge in [-0.25, -0.2) is 4.98 Å². The average Bonchev–Trinajstić information content (AvgIpc) is 2.76. The van der Waals surface area contributed by atoms with Crippen molar-refractivity contribution in [2.24, 2.45) is 0 Å². The van der Waals surface area contributed by atoms with Gasteiger partial charge in [0.05, 0.1) is 18.4 Å². The molecule has 0 aliphatic carbocycles. The molecule has 1 fully saturated rings. The molecule has 0 saturated carbocycles. The van der Waals surface area contributed by atoms with E-state index in [0.29, 0.717) is 30.3 Å². The van der Waals surface area contributed by atoms with Gasteiger partial charge in [-0.3, -0.25) is 4.79 Å². The summed E-state index contributed by atoms with van der Waals surface area (Å²) in [6, 6.07) is 3.73. The normalized spacial score (nSPS) is 19.8. The Morgan fingerprint density at radius 2 is 2.47 bits per heavy atom. The molecule has 1 unspecified atom stereocenters. The van der Waals surface area contributed by atoms with Crippen LogP contribution in [0.3, 0.4) is 0 Å². The lowest BCUT2D eigenvalue weighted by Crippen LogP contribution is -2.44. The number of rotatable bonds is 1. The van der Waals surface area contributed by atoms with E-state index in [1.54, 1.807) is 11.1 Å². The van der Waals surface area contributed by atoms with Crippen LogP contribution in [0.25, 0.3) is 10.2 Å². The van der Waals surface area contributed by atoms with Gasteiger partial charge < -0.3 is 15.4 Å². The summed E-state index contributed by atoms with van der Waals surface area (Å²) in [6.07, 6.45) is 1.79. The average molecular weight is 277 g/mol. The molecule has 19 heavy (non-hydrogen) atoms. The molecule has 3 rings (SSSR count). The van der Waals surface area contributed by atoms with Crippen molar-refractivity contribution in [3.8, 4) is 0 Å². The van der Waals surface area contributed by atoms with Gasteiger partial charge in [0, 0.05) is 24.7 Å². The monoisotopic (exact) mass is 277 g/mol. The number of pyridine rings is 1. The maximum Gasteiger partial charge on any atom is 0.266 e. The van der Waals surface area contributed by atoms with E-state index in [1.165, 1.54) is 11.3 Å². The Balaban J connectivity index is 1.95. The predicted octanol–water partition coefficient (Wildman–Crippen LogP) is 1.74. The van der Waals surface area contributed by atoms with Gasteiger partial charge >= 0.3 is 0 Å². The molecule has 6 heteroatoms. The van der Waals surface area contributed by atoms with E-state index in [1.807, 2.05) is 19.1 Å². The molecule has 1 amide bonds. The SMILES string of the molecule is CC1CN(C(=O)c2sc3ncccc3c2N)CCO1. The first-order chi connectivity index (χ1) is 9.16. The molecule has 5 nitrogen and oxygen atoms in total. The Hall–Kier alpha value is -1.66. The topological polar surface area (TPSA) is 68.5 Å². The van der Waals surface area contributed by atoms with Gasteiger partial charge in [-0.05, 0) is 19.1 Å². The molecule has 1 aliphatic rings. The van der Waals surface area contributed by atoms with E-state index < -0.39 is 0 Å². The number of thiophene rings is 1. The van der Waals surface area contributed by atoms with Gasteiger partial charge in [0.15, 0.2) is 0 Å². The lowest BCUT2D eigenvalue weighted by molar-refractivity contribution is -0.0122. The van der Waals surface area contributed by atoms with E-state index in [2.05, 4.69) is 4.98 Å². The molecule has 1 atom stereocenters. The highest BCUT2D eigenvalue weighted by molar-refractivity contribution is 7.21. The number of ether oxygens (including phenoxy) is 1. The van der Waals surface area contributed by atoms with Crippen LogP contribution >= 0.6 is 11.3 Å². The second-order valence-corrected chi connectivity index (χ2v) is 5.63. The summed E-state index contributed by atoms with van der Waals surface area (Å²) in [7, 11) is 0. The van der Waals surface area contributed by atoms with E-state index in [0.717, 1.165) is 10.2 Å². The summed E-state index contributed by atoms with van der Waals surface area (Å²) >= 11 is 1.36. The Morgan fingerprint density at radius 1 is 1.63 bits per heavy atom. The number of carbonyl (C=O) groups excluding carboxylic acids is 1. The molecule has 0 radical (unpaired) electrons. The number of hydrogen-bond donors (Lipinski definition) is 1. The van der Waals surface area contributed by atoms with Gasteiger partial charge in [0.2, 0.25) is 0 Å². The van der Waals surface area contributed by atoms with Crippen molar-refractivity contribution in [2.45, 2.75) is 13.0 Å². The van der Waals surface area contributed by atoms with E-state index in [-0.39, 0.29) is 12.0 Å². The minimum atomic E-state index is -0.0179. The Kier molecular flexibility index (Phi) is 3.12. The van der Waals surface area contributed by atoms with Crippen LogP contribution in [-0.4, -0.2) is 41.6 Å². The van der Waals surface area contributed by atoms with Gasteiger partial charge in [-0.2, -0.15) is 0 Å². The summed E-state index contributed by atoms with van der Waals surface area (Å²) in [5, 5.41) is 0.858. The fourth-order valence-corrected chi connectivity index (χ4v) is 3.29. The lowest BCUT2D eigenvalue weighted by Gasteiger charge is -2.30. The van der Waals surface area contributed by atoms with Crippen LogP contribution in [-0.2, 0) is 4.74 Å². The molecule has 2 aromatic heterocycles. The number of fused-ring (bicyclic) bond motifs is 1. The first kappa shape index (κ1) is 12.4. The van der Waals surface area contributed by atoms with Crippen LogP contribution < -0.4 is 5.73 Å². The Morgan fingerprint density at radius 3 is 3.21 bits per heavy atom. The minimum Gasteiger partial charge on any atom is -0.397 e. The summed E-state index contributed by atoms with van der Waals surface area (Å²) in [5.41, 5.74) is 6.61. The van der Waals surface area contributed by atoms with E-state index in [4.69, 9.17) is 10.5 Å². The van der Waals surface area contributed by atoms with Crippen molar-refractivity contribution < 1.29 is 9.53 Å². The fraction of sp³-hybridized carbons (Fsp3) is 0.385. The van der Waals surface area contributed by atoms with Crippen LogP contribution in [0.4, 0.5) is 5.69 Å². The third kappa shape index (κ3) is 2.17. The van der Waals surface area contributed by atoms with Gasteiger partial charge in [0.25, 0.3) is 5.91 Å². The van der Waals surface area contributed by atoms with Crippen molar-refractivity contribution in [2.75, 3.05) is 25.4 Å². The standard InChI is InChI=1S/C13H15N3O2S/c1-8-7-16(5-6-18-8)13(17)11-10(14)9-3-2-4-15-12(9)19-11/h2-4,8H,5-7,14H2,1H3. The quantitative estimate of drug-likeness (QED) is 0.862. The maximum atomic E-state index is 12.5. The Bertz CT molecular complexity index is 625. The molecular formula is C13H15N3O2S. The lowest BCUT2D eigenvalue weighted by atomic mass is 10.2. The largest absolute Gasteiger partial charge is 0.397 e. The van der Waals surface area contributed by atoms with Crippen LogP contribution in [0, 0.1) is 0 Å². The summed E-state index contributed by atoms with van der Waals surface area (Å²) in [5.74, 6) is -0.0179. The number of nitrogen functional groups attached to an aromatic ring is 1. The molecule has 1 aliphatic heterocycles. The molecule has 1 saturated heterocycles. The molecule has 100 valence electrons. The first-order valence-corrected chi connectivity index (χ1v) is 7.02. The fourth-order valence-electron chi connectivity index (χ4n) is 2.26. The van der Waals surface area contributed by atoms with E-state index in [9.17, 15) is 4.79 Å². The third-order valence-corrected chi connectivity index (χ3v) is 4.34. The van der Waals surface area contributed by atoms with Crippen LogP contribution in [0.2, 0.25) is 0 Å². The number of nitrogens with zero attached hydrogens (tertiary/aromatic N) is 2. The minimum absolute atomic E-state index is 0.0179. The zero-order valence-electron chi connectivity index (χ0n) is 10.6. The second-order valence-electron chi connectivity index (χ2n) is 4.63. The number of morpholine rings is 1. The number of hydrogen-bond acceptors (Lipinski definition) is 5. The van der Waals surface area contributed by atoms with Crippen LogP contribution in [0.5, 0.6) is 0 Å². The molecular weight excluding hydrogens is 262 g/mol. The maximum absolute atomic E-state index is 12.5. The first-order valence-electron chi connectivity index (χ1n) is 6.20. The molecule has 2 aromatic rings. The summed E-state index contributed by atoms with van der Waals surface area (Å²) in [4.78, 5) is 20.0. The number of anilines is 1. The zero-order valence-corrected chi connectivity index (χ0v) is 11.4. The van der Waals surface area contributed by atoms with Crippen molar-refractivity contribution in [1.82, 2.24) is 9.88 Å². The van der Waals surface area contributed by atoms with E-state index >= 15 is 0 Å². The van der Waals surface area contributed by atoms with Crippen molar-refractivity contribution >= 4 is 33.1 Å². The highest BCUT2D eigenvalue weighted by atomic mass is 32.1. The third-order valence-electron chi connectivity index (χ3n) is 3.23. The van der Waals surface area contributed by atoms with Gasteiger partial charge in [-0.1, -0.05) is 0 Å². The predicted molar refractivity (Wildman–Crippen MR) is 75.3 cm³/mol. The number of amides is 1. The second kappa shape index (κ2) is 4.79. The van der Waals surface area contributed by atoms with Crippen LogP contribution in [0.15, 0.2) is 18.3 Å².